The molecule has 0 N–H and O–H groups in total. The number of aromatic nitrogens is 3. The molecular weight excluding hydrogens is 759 g/mol. The molecule has 0 aliphatic rings. The first-order valence-corrected chi connectivity index (χ1v) is 21.4. The van der Waals surface area contributed by atoms with Gasteiger partial charge in [0.05, 0.1) is 0 Å². The van der Waals surface area contributed by atoms with Crippen LogP contribution in [-0.2, 0) is 0 Å². The molecule has 61 heavy (non-hydrogen) atoms. The van der Waals surface area contributed by atoms with E-state index in [0.717, 1.165) is 65.2 Å². The van der Waals surface area contributed by atoms with E-state index < -0.39 is 0 Å². The minimum atomic E-state index is 0.635. The van der Waals surface area contributed by atoms with Crippen molar-refractivity contribution in [1.29, 1.82) is 0 Å². The predicted octanol–water partition coefficient (Wildman–Crippen LogP) is 15.7. The first-order valence-electron chi connectivity index (χ1n) is 20.6. The Bertz CT molecular complexity index is 3660. The second-order valence-corrected chi connectivity index (χ2v) is 16.5. The summed E-state index contributed by atoms with van der Waals surface area (Å²) in [6.45, 7) is 0. The van der Waals surface area contributed by atoms with Gasteiger partial charge < -0.3 is 0 Å². The second kappa shape index (κ2) is 14.5. The standard InChI is InChI=1S/C57H35N3S/c1-2-15-36(16-3-1)39-20-12-21-40(35-39)42-33-34-50(46-25-9-8-24-44(42)46)55-58-56(51-29-14-28-49-47-26-10-11-30-52(47)61-54(49)51)60-57(59-55)53-43-23-7-5-18-38(43)31-32-48(53)45-27-13-19-37-17-4-6-22-41(37)45/h1-35H. The molecule has 3 nitrogen and oxygen atoms in total. The molecule has 284 valence electrons. The summed E-state index contributed by atoms with van der Waals surface area (Å²) in [5.74, 6) is 1.93. The minimum absolute atomic E-state index is 0.635. The highest BCUT2D eigenvalue weighted by atomic mass is 32.1. The summed E-state index contributed by atoms with van der Waals surface area (Å²) in [4.78, 5) is 16.5. The first kappa shape index (κ1) is 35.2. The predicted molar refractivity (Wildman–Crippen MR) is 258 cm³/mol. The number of nitrogens with zero attached hydrogens (tertiary/aromatic N) is 3. The van der Waals surface area contributed by atoms with Gasteiger partial charge in [0.15, 0.2) is 17.5 Å². The van der Waals surface area contributed by atoms with Gasteiger partial charge in [0.2, 0.25) is 0 Å². The van der Waals surface area contributed by atoms with Crippen molar-refractivity contribution in [3.05, 3.63) is 212 Å². The molecule has 10 aromatic carbocycles. The molecule has 0 radical (unpaired) electrons. The van der Waals surface area contributed by atoms with Crippen molar-refractivity contribution in [3.63, 3.8) is 0 Å². The van der Waals surface area contributed by atoms with Gasteiger partial charge in [-0.05, 0) is 90.0 Å². The van der Waals surface area contributed by atoms with Gasteiger partial charge in [-0.15, -0.1) is 11.3 Å². The van der Waals surface area contributed by atoms with Crippen molar-refractivity contribution in [1.82, 2.24) is 15.0 Å². The highest BCUT2D eigenvalue weighted by Crippen LogP contribution is 2.44. The maximum Gasteiger partial charge on any atom is 0.165 e. The van der Waals surface area contributed by atoms with Crippen LogP contribution >= 0.6 is 11.3 Å². The molecule has 0 saturated carbocycles. The molecule has 0 saturated heterocycles. The highest BCUT2D eigenvalue weighted by Gasteiger charge is 2.22. The zero-order chi connectivity index (χ0) is 40.3. The third-order valence-corrected chi connectivity index (χ3v) is 13.2. The average Bonchev–Trinajstić information content (AvgIpc) is 3.72. The Kier molecular flexibility index (Phi) is 8.36. The van der Waals surface area contributed by atoms with Gasteiger partial charge in [0.1, 0.15) is 0 Å². The second-order valence-electron chi connectivity index (χ2n) is 15.5. The number of hydrogen-bond acceptors (Lipinski definition) is 4. The summed E-state index contributed by atoms with van der Waals surface area (Å²) in [6, 6.07) is 75.8. The molecule has 0 spiro atoms. The summed E-state index contributed by atoms with van der Waals surface area (Å²) in [7, 11) is 0. The number of thiophene rings is 1. The highest BCUT2D eigenvalue weighted by molar-refractivity contribution is 7.26. The Hall–Kier alpha value is -7.79. The van der Waals surface area contributed by atoms with Gasteiger partial charge in [-0.1, -0.05) is 188 Å². The summed E-state index contributed by atoms with van der Waals surface area (Å²) in [5, 5.41) is 9.26. The maximum atomic E-state index is 5.53. The van der Waals surface area contributed by atoms with Crippen molar-refractivity contribution in [2.45, 2.75) is 0 Å². The smallest absolute Gasteiger partial charge is 0.165 e. The largest absolute Gasteiger partial charge is 0.208 e. The van der Waals surface area contributed by atoms with Crippen molar-refractivity contribution < 1.29 is 0 Å². The van der Waals surface area contributed by atoms with E-state index in [1.165, 1.54) is 37.4 Å². The van der Waals surface area contributed by atoms with Gasteiger partial charge >= 0.3 is 0 Å². The van der Waals surface area contributed by atoms with E-state index in [1.54, 1.807) is 11.3 Å². The topological polar surface area (TPSA) is 38.7 Å². The van der Waals surface area contributed by atoms with Crippen LogP contribution in [0.25, 0.3) is 120 Å². The Balaban J connectivity index is 1.14. The molecule has 0 aliphatic heterocycles. The van der Waals surface area contributed by atoms with Crippen molar-refractivity contribution in [2.75, 3.05) is 0 Å². The Labute approximate surface area is 356 Å². The van der Waals surface area contributed by atoms with Gasteiger partial charge in [-0.3, -0.25) is 0 Å². The fraction of sp³-hybridized carbons (Fsp3) is 0. The van der Waals surface area contributed by atoms with Gasteiger partial charge in [0, 0.05) is 36.9 Å². The SMILES string of the molecule is c1ccc(-c2cccc(-c3ccc(-c4nc(-c5c(-c6cccc7ccccc67)ccc6ccccc56)nc(-c5cccc6c5sc5ccccc56)n4)c4ccccc34)c2)cc1. The van der Waals surface area contributed by atoms with E-state index >= 15 is 0 Å². The molecular formula is C57H35N3S. The molecule has 0 amide bonds. The van der Waals surface area contributed by atoms with Crippen LogP contribution in [0.15, 0.2) is 212 Å². The molecule has 2 heterocycles. The first-order chi connectivity index (χ1) is 30.2. The lowest BCUT2D eigenvalue weighted by atomic mass is 9.90. The van der Waals surface area contributed by atoms with Crippen molar-refractivity contribution in [2.24, 2.45) is 0 Å². The molecule has 0 bridgehead atoms. The Morgan fingerprint density at radius 3 is 1.64 bits per heavy atom. The van der Waals surface area contributed by atoms with Crippen LogP contribution in [0.3, 0.4) is 0 Å². The van der Waals surface area contributed by atoms with Crippen LogP contribution in [0.1, 0.15) is 0 Å². The van der Waals surface area contributed by atoms with Crippen molar-refractivity contribution >= 4 is 63.8 Å². The zero-order valence-corrected chi connectivity index (χ0v) is 33.8. The molecule has 2 aromatic heterocycles. The quantitative estimate of drug-likeness (QED) is 0.168. The minimum Gasteiger partial charge on any atom is -0.208 e. The molecule has 4 heteroatoms. The number of fused-ring (bicyclic) bond motifs is 6. The summed E-state index contributed by atoms with van der Waals surface area (Å²) < 4.78 is 2.40. The number of hydrogen-bond donors (Lipinski definition) is 0. The van der Waals surface area contributed by atoms with Crippen LogP contribution < -0.4 is 0 Å². The third-order valence-electron chi connectivity index (χ3n) is 12.0. The fourth-order valence-corrected chi connectivity index (χ4v) is 10.3. The molecule has 0 fully saturated rings. The van der Waals surface area contributed by atoms with Crippen LogP contribution in [-0.4, -0.2) is 15.0 Å². The van der Waals surface area contributed by atoms with E-state index in [-0.39, 0.29) is 0 Å². The van der Waals surface area contributed by atoms with E-state index in [9.17, 15) is 0 Å². The van der Waals surface area contributed by atoms with Crippen LogP contribution in [0.2, 0.25) is 0 Å². The number of benzene rings is 10. The van der Waals surface area contributed by atoms with Gasteiger partial charge in [-0.2, -0.15) is 0 Å². The molecule has 12 aromatic rings. The fourth-order valence-electron chi connectivity index (χ4n) is 9.09. The molecule has 0 atom stereocenters. The van der Waals surface area contributed by atoms with Crippen LogP contribution in [0.4, 0.5) is 0 Å². The molecule has 0 aliphatic carbocycles. The summed E-state index contributed by atoms with van der Waals surface area (Å²) in [5.41, 5.74) is 9.86. The lowest BCUT2D eigenvalue weighted by Crippen LogP contribution is -2.02. The summed E-state index contributed by atoms with van der Waals surface area (Å²) >= 11 is 1.79. The maximum absolute atomic E-state index is 5.53. The number of rotatable bonds is 6. The lowest BCUT2D eigenvalue weighted by molar-refractivity contribution is 1.08. The average molecular weight is 794 g/mol. The zero-order valence-electron chi connectivity index (χ0n) is 33.0. The normalized spacial score (nSPS) is 11.6. The Morgan fingerprint density at radius 2 is 0.803 bits per heavy atom. The Morgan fingerprint density at radius 1 is 0.279 bits per heavy atom. The lowest BCUT2D eigenvalue weighted by Gasteiger charge is -2.17. The van der Waals surface area contributed by atoms with Crippen LogP contribution in [0.5, 0.6) is 0 Å². The summed E-state index contributed by atoms with van der Waals surface area (Å²) in [6.07, 6.45) is 0. The van der Waals surface area contributed by atoms with E-state index in [1.807, 2.05) is 0 Å². The van der Waals surface area contributed by atoms with Crippen LogP contribution in [0, 0.1) is 0 Å². The van der Waals surface area contributed by atoms with E-state index in [2.05, 4.69) is 212 Å². The monoisotopic (exact) mass is 793 g/mol. The van der Waals surface area contributed by atoms with E-state index in [4.69, 9.17) is 15.0 Å². The van der Waals surface area contributed by atoms with Gasteiger partial charge in [0.25, 0.3) is 0 Å². The van der Waals surface area contributed by atoms with Crippen molar-refractivity contribution in [3.8, 4) is 67.5 Å². The molecule has 12 rings (SSSR count). The third kappa shape index (κ3) is 5.99. The molecule has 0 unspecified atom stereocenters. The van der Waals surface area contributed by atoms with E-state index in [0.29, 0.717) is 17.5 Å². The van der Waals surface area contributed by atoms with Gasteiger partial charge in [-0.25, -0.2) is 15.0 Å².